The minimum atomic E-state index is -3.67. The summed E-state index contributed by atoms with van der Waals surface area (Å²) in [7, 11) is -11.1. The van der Waals surface area contributed by atoms with Crippen LogP contribution in [-0.4, -0.2) is 170 Å². The summed E-state index contributed by atoms with van der Waals surface area (Å²) in [6.07, 6.45) is 8.63. The quantitative estimate of drug-likeness (QED) is 0.0560. The Kier molecular flexibility index (Phi) is 28.4. The number of unbranched alkanes of at least 4 members (excludes halogenated alkanes) is 4. The number of nitrogens with one attached hydrogen (secondary N) is 2. The van der Waals surface area contributed by atoms with Crippen LogP contribution in [0.5, 0.6) is 5.75 Å². The van der Waals surface area contributed by atoms with Gasteiger partial charge in [0.05, 0.1) is 57.2 Å². The van der Waals surface area contributed by atoms with Crippen LogP contribution >= 0.6 is 22.1 Å². The van der Waals surface area contributed by atoms with E-state index in [1.165, 1.54) is 19.2 Å². The van der Waals surface area contributed by atoms with Crippen molar-refractivity contribution in [2.24, 2.45) is 0 Å². The van der Waals surface area contributed by atoms with Crippen LogP contribution in [0.25, 0.3) is 0 Å². The molecule has 1 heterocycles. The van der Waals surface area contributed by atoms with Crippen LogP contribution in [0.2, 0.25) is 0 Å². The lowest BCUT2D eigenvalue weighted by Gasteiger charge is -2.36. The van der Waals surface area contributed by atoms with Gasteiger partial charge in [0.15, 0.2) is 0 Å². The Hall–Kier alpha value is -1.19. The molecule has 20 heteroatoms. The predicted octanol–water partition coefficient (Wildman–Crippen LogP) is 7.31. The standard InChI is InChI=1S/C42H83N6O10P3S/c1-8-14-33-59(50,56-11-4)37-46-27-25-45(36-42(49)43-23-17-18-24-44-62(53,54)41-21-19-40(55-7)20-22-41)26-28-47(38-60(51,57-12-5)34-15-9-2)30-32-48(31-29-46)39-61(52,58-13-6)35-16-10-3/h19-22,44H,8-18,23-39H2,1-7H3,(H,43,49). The van der Waals surface area contributed by atoms with E-state index in [-0.39, 0.29) is 36.5 Å². The van der Waals surface area contributed by atoms with E-state index >= 15 is 0 Å². The molecule has 0 radical (unpaired) electrons. The Balaban J connectivity index is 2.29. The SMILES string of the molecule is CCCCP(=O)(CN1CCN(CC(=O)NCCCCNS(=O)(=O)c2ccc(OC)cc2)CCN(CP(=O)(CCCC)OCC)CCN(CP(=O)(CCCC)OCC)CC1)OCC. The van der Waals surface area contributed by atoms with Crippen LogP contribution in [0, 0.1) is 0 Å². The first-order chi connectivity index (χ1) is 29.6. The molecule has 3 unspecified atom stereocenters. The van der Waals surface area contributed by atoms with E-state index in [0.717, 1.165) is 38.5 Å². The van der Waals surface area contributed by atoms with E-state index in [1.54, 1.807) is 12.1 Å². The molecule has 1 fully saturated rings. The summed E-state index contributed by atoms with van der Waals surface area (Å²) in [6, 6.07) is 6.20. The van der Waals surface area contributed by atoms with E-state index in [4.69, 9.17) is 18.3 Å². The van der Waals surface area contributed by atoms with Gasteiger partial charge in [0.2, 0.25) is 38.0 Å². The molecule has 1 aromatic carbocycles. The molecule has 1 aliphatic heterocycles. The summed E-state index contributed by atoms with van der Waals surface area (Å²) in [5.74, 6) is 0.424. The van der Waals surface area contributed by atoms with Gasteiger partial charge in [-0.05, 0) is 77.1 Å². The van der Waals surface area contributed by atoms with Crippen LogP contribution in [-0.2, 0) is 42.1 Å². The van der Waals surface area contributed by atoms with E-state index in [1.807, 2.05) is 20.8 Å². The maximum Gasteiger partial charge on any atom is 0.240 e. The maximum absolute atomic E-state index is 14.2. The molecule has 1 saturated heterocycles. The molecule has 1 aliphatic rings. The van der Waals surface area contributed by atoms with Crippen molar-refractivity contribution in [3.05, 3.63) is 24.3 Å². The average Bonchev–Trinajstić information content (AvgIpc) is 3.24. The number of ether oxygens (including phenoxy) is 1. The number of benzene rings is 1. The Labute approximate surface area is 375 Å². The molecule has 2 rings (SSSR count). The Bertz CT molecular complexity index is 1590. The zero-order valence-corrected chi connectivity index (χ0v) is 42.7. The number of hydrogen-bond donors (Lipinski definition) is 2. The first kappa shape index (κ1) is 56.9. The largest absolute Gasteiger partial charge is 0.497 e. The molecule has 2 N–H and O–H groups in total. The summed E-state index contributed by atoms with van der Waals surface area (Å²) in [6.45, 7) is 18.0. The second-order valence-electron chi connectivity index (χ2n) is 16.1. The number of amides is 1. The molecule has 362 valence electrons. The fourth-order valence-corrected chi connectivity index (χ4v) is 15.9. The number of carbonyl (C=O) groups is 1. The summed E-state index contributed by atoms with van der Waals surface area (Å²) in [5, 5.41) is 3.02. The van der Waals surface area contributed by atoms with Gasteiger partial charge < -0.3 is 23.6 Å². The number of rotatable bonds is 31. The first-order valence-corrected chi connectivity index (χ1v) is 30.6. The van der Waals surface area contributed by atoms with Gasteiger partial charge in [-0.1, -0.05) is 40.0 Å². The minimum absolute atomic E-state index is 0.130. The molecule has 1 amide bonds. The molecule has 62 heavy (non-hydrogen) atoms. The zero-order chi connectivity index (χ0) is 45.9. The van der Waals surface area contributed by atoms with Gasteiger partial charge in [0.25, 0.3) is 0 Å². The van der Waals surface area contributed by atoms with Crippen LogP contribution in [0.1, 0.15) is 92.9 Å². The van der Waals surface area contributed by atoms with Crippen molar-refractivity contribution < 1.29 is 45.2 Å². The molecule has 3 atom stereocenters. The summed E-state index contributed by atoms with van der Waals surface area (Å²) in [5.41, 5.74) is 0. The van der Waals surface area contributed by atoms with Gasteiger partial charge in [0, 0.05) is 83.9 Å². The maximum atomic E-state index is 14.2. The lowest BCUT2D eigenvalue weighted by Crippen LogP contribution is -2.48. The van der Waals surface area contributed by atoms with Gasteiger partial charge >= 0.3 is 0 Å². The Morgan fingerprint density at radius 1 is 0.581 bits per heavy atom. The van der Waals surface area contributed by atoms with E-state index < -0.39 is 32.1 Å². The van der Waals surface area contributed by atoms with Crippen molar-refractivity contribution in [3.8, 4) is 5.75 Å². The van der Waals surface area contributed by atoms with E-state index in [0.29, 0.717) is 122 Å². The van der Waals surface area contributed by atoms with Gasteiger partial charge in [-0.2, -0.15) is 0 Å². The van der Waals surface area contributed by atoms with Gasteiger partial charge in [-0.15, -0.1) is 0 Å². The summed E-state index contributed by atoms with van der Waals surface area (Å²) >= 11 is 0. The van der Waals surface area contributed by atoms with Crippen molar-refractivity contribution in [1.29, 1.82) is 0 Å². The second-order valence-corrected chi connectivity index (χ2v) is 25.7. The molecule has 16 nitrogen and oxygen atoms in total. The molecule has 0 saturated carbocycles. The molecular formula is C42H83N6O10P3S. The Morgan fingerprint density at radius 2 is 0.952 bits per heavy atom. The smallest absolute Gasteiger partial charge is 0.240 e. The number of nitrogens with zero attached hydrogens (tertiary/aromatic N) is 4. The fraction of sp³-hybridized carbons (Fsp3) is 0.833. The molecule has 0 aliphatic carbocycles. The fourth-order valence-electron chi connectivity index (χ4n) is 7.29. The van der Waals surface area contributed by atoms with E-state index in [2.05, 4.69) is 50.4 Å². The van der Waals surface area contributed by atoms with Crippen molar-refractivity contribution in [2.75, 3.05) is 136 Å². The first-order valence-electron chi connectivity index (χ1n) is 23.1. The predicted molar refractivity (Wildman–Crippen MR) is 253 cm³/mol. The molecule has 0 aromatic heterocycles. The molecular weight excluding hydrogens is 873 g/mol. The van der Waals surface area contributed by atoms with Gasteiger partial charge in [-0.3, -0.25) is 38.1 Å². The van der Waals surface area contributed by atoms with Gasteiger partial charge in [-0.25, -0.2) is 13.1 Å². The topological polar surface area (TPSA) is 176 Å². The van der Waals surface area contributed by atoms with Crippen LogP contribution < -0.4 is 14.8 Å². The molecule has 1 aromatic rings. The van der Waals surface area contributed by atoms with Crippen LogP contribution in [0.15, 0.2) is 29.2 Å². The summed E-state index contributed by atoms with van der Waals surface area (Å²) < 4.78 is 93.8. The highest BCUT2D eigenvalue weighted by atomic mass is 32.2. The third kappa shape index (κ3) is 22.8. The lowest BCUT2D eigenvalue weighted by molar-refractivity contribution is -0.122. The Morgan fingerprint density at radius 3 is 1.31 bits per heavy atom. The number of sulfonamides is 1. The molecule has 0 spiro atoms. The highest BCUT2D eigenvalue weighted by Gasteiger charge is 2.31. The number of methoxy groups -OCH3 is 1. The van der Waals surface area contributed by atoms with Gasteiger partial charge in [0.1, 0.15) is 5.75 Å². The highest BCUT2D eigenvalue weighted by Crippen LogP contribution is 2.50. The van der Waals surface area contributed by atoms with E-state index in [9.17, 15) is 26.9 Å². The highest BCUT2D eigenvalue weighted by molar-refractivity contribution is 7.89. The minimum Gasteiger partial charge on any atom is -0.497 e. The van der Waals surface area contributed by atoms with Crippen molar-refractivity contribution in [3.63, 3.8) is 0 Å². The summed E-state index contributed by atoms with van der Waals surface area (Å²) in [4.78, 5) is 22.3. The lowest BCUT2D eigenvalue weighted by atomic mass is 10.3. The van der Waals surface area contributed by atoms with Crippen LogP contribution in [0.4, 0.5) is 0 Å². The van der Waals surface area contributed by atoms with Crippen LogP contribution in [0.3, 0.4) is 0 Å². The van der Waals surface area contributed by atoms with Crippen molar-refractivity contribution >= 4 is 38.0 Å². The number of carbonyl (C=O) groups excluding carboxylic acids is 1. The average molecular weight is 957 g/mol. The monoisotopic (exact) mass is 957 g/mol. The van der Waals surface area contributed by atoms with Crippen molar-refractivity contribution in [2.45, 2.75) is 97.8 Å². The van der Waals surface area contributed by atoms with Crippen molar-refractivity contribution in [1.82, 2.24) is 29.6 Å². The zero-order valence-electron chi connectivity index (χ0n) is 39.2. The molecule has 0 bridgehead atoms. The third-order valence-electron chi connectivity index (χ3n) is 10.8. The number of hydrogen-bond acceptors (Lipinski definition) is 14. The third-order valence-corrected chi connectivity index (χ3v) is 19.9. The second kappa shape index (κ2) is 30.9. The normalized spacial score (nSPS) is 18.8.